The zero-order chi connectivity index (χ0) is 31.0. The van der Waals surface area contributed by atoms with Crippen LogP contribution in [0.1, 0.15) is 101 Å². The van der Waals surface area contributed by atoms with E-state index in [2.05, 4.69) is 6.92 Å². The summed E-state index contributed by atoms with van der Waals surface area (Å²) in [7, 11) is 0. The summed E-state index contributed by atoms with van der Waals surface area (Å²) in [6.45, 7) is 2.60. The topological polar surface area (TPSA) is 87.0 Å². The van der Waals surface area contributed by atoms with Crippen LogP contribution in [0.3, 0.4) is 0 Å². The number of hydrogen-bond donors (Lipinski definition) is 3. The maximum Gasteiger partial charge on any atom is 0.453 e. The van der Waals surface area contributed by atoms with E-state index in [1.807, 2.05) is 18.2 Å². The van der Waals surface area contributed by atoms with Crippen molar-refractivity contribution in [2.45, 2.75) is 107 Å². The summed E-state index contributed by atoms with van der Waals surface area (Å²) in [5.74, 6) is -5.68. The third kappa shape index (κ3) is 8.74. The first-order chi connectivity index (χ1) is 19.7. The maximum absolute atomic E-state index is 13.1. The molecule has 0 bridgehead atoms. The molecule has 234 valence electrons. The van der Waals surface area contributed by atoms with Gasteiger partial charge >= 0.3 is 18.1 Å². The highest BCUT2D eigenvalue weighted by atomic mass is 19.4. The number of fused-ring (bicyclic) bond motifs is 1. The Morgan fingerprint density at radius 2 is 1.45 bits per heavy atom. The van der Waals surface area contributed by atoms with Crippen molar-refractivity contribution in [1.29, 1.82) is 0 Å². The van der Waals surface area contributed by atoms with Gasteiger partial charge in [0.1, 0.15) is 17.2 Å². The second-order valence-corrected chi connectivity index (χ2v) is 11.7. The molecule has 0 fully saturated rings. The van der Waals surface area contributed by atoms with Gasteiger partial charge in [-0.1, -0.05) is 70.1 Å². The number of alkyl halides is 5. The van der Waals surface area contributed by atoms with Crippen molar-refractivity contribution < 1.29 is 46.8 Å². The van der Waals surface area contributed by atoms with Gasteiger partial charge < -0.3 is 20.1 Å². The minimum atomic E-state index is -5.61. The SMILES string of the molecule is CC1(c2ccc(O)cc2)COc2cc(O)ccc2C1CCCCCCCCCC(CCCC(F)(F)C(F)(F)F)C(=O)O. The van der Waals surface area contributed by atoms with Crippen LogP contribution in [0.5, 0.6) is 17.2 Å². The van der Waals surface area contributed by atoms with Crippen molar-refractivity contribution in [2.75, 3.05) is 6.61 Å². The third-order valence-corrected chi connectivity index (χ3v) is 8.55. The molecular weight excluding hydrogens is 559 g/mol. The van der Waals surface area contributed by atoms with Crippen molar-refractivity contribution in [3.05, 3.63) is 53.6 Å². The molecule has 1 heterocycles. The highest BCUT2D eigenvalue weighted by Crippen LogP contribution is 2.50. The van der Waals surface area contributed by atoms with Gasteiger partial charge in [-0.3, -0.25) is 4.79 Å². The molecule has 3 rings (SSSR count). The van der Waals surface area contributed by atoms with Gasteiger partial charge in [0.05, 0.1) is 12.5 Å². The normalized spacial score (nSPS) is 19.6. The first-order valence-electron chi connectivity index (χ1n) is 14.7. The van der Waals surface area contributed by atoms with Gasteiger partial charge in [0.25, 0.3) is 0 Å². The average Bonchev–Trinajstić information content (AvgIpc) is 2.91. The molecule has 0 spiro atoms. The smallest absolute Gasteiger partial charge is 0.453 e. The lowest BCUT2D eigenvalue weighted by atomic mass is 9.66. The van der Waals surface area contributed by atoms with E-state index >= 15 is 0 Å². The van der Waals surface area contributed by atoms with Crippen LogP contribution in [-0.4, -0.2) is 40.0 Å². The molecule has 0 amide bonds. The Morgan fingerprint density at radius 3 is 2.07 bits per heavy atom. The number of aliphatic carboxylic acids is 1. The molecule has 0 aromatic heterocycles. The zero-order valence-corrected chi connectivity index (χ0v) is 23.9. The number of phenolic OH excluding ortho intramolecular Hbond substituents is 2. The van der Waals surface area contributed by atoms with Crippen LogP contribution >= 0.6 is 0 Å². The van der Waals surface area contributed by atoms with E-state index < -0.39 is 36.8 Å². The van der Waals surface area contributed by atoms with Crippen LogP contribution in [-0.2, 0) is 10.2 Å². The summed E-state index contributed by atoms with van der Waals surface area (Å²) < 4.78 is 69.2. The van der Waals surface area contributed by atoms with Crippen LogP contribution in [0.25, 0.3) is 0 Å². The summed E-state index contributed by atoms with van der Waals surface area (Å²) in [4.78, 5) is 11.4. The Bertz CT molecular complexity index is 1150. The second kappa shape index (κ2) is 14.4. The maximum atomic E-state index is 13.1. The van der Waals surface area contributed by atoms with Crippen molar-refractivity contribution >= 4 is 5.97 Å². The minimum absolute atomic E-state index is 0.149. The van der Waals surface area contributed by atoms with Crippen molar-refractivity contribution in [2.24, 2.45) is 5.92 Å². The van der Waals surface area contributed by atoms with E-state index in [0.717, 1.165) is 56.1 Å². The minimum Gasteiger partial charge on any atom is -0.508 e. The van der Waals surface area contributed by atoms with Crippen LogP contribution in [0.2, 0.25) is 0 Å². The lowest BCUT2D eigenvalue weighted by molar-refractivity contribution is -0.284. The van der Waals surface area contributed by atoms with Gasteiger partial charge in [-0.15, -0.1) is 0 Å². The van der Waals surface area contributed by atoms with Gasteiger partial charge in [-0.05, 0) is 55.0 Å². The molecule has 10 heteroatoms. The number of aromatic hydroxyl groups is 2. The molecule has 0 radical (unpaired) electrons. The molecule has 1 aliphatic rings. The van der Waals surface area contributed by atoms with Gasteiger partial charge in [-0.2, -0.15) is 22.0 Å². The summed E-state index contributed by atoms with van der Waals surface area (Å²) >= 11 is 0. The number of unbranched alkanes of at least 4 members (excludes halogenated alkanes) is 6. The van der Waals surface area contributed by atoms with Gasteiger partial charge in [0, 0.05) is 23.8 Å². The lowest BCUT2D eigenvalue weighted by Gasteiger charge is -2.43. The number of ether oxygens (including phenoxy) is 1. The van der Waals surface area contributed by atoms with E-state index in [1.54, 1.807) is 24.3 Å². The monoisotopic (exact) mass is 600 g/mol. The third-order valence-electron chi connectivity index (χ3n) is 8.55. The Kier molecular flexibility index (Phi) is 11.5. The van der Waals surface area contributed by atoms with Gasteiger partial charge in [0.15, 0.2) is 0 Å². The standard InChI is InChI=1S/C32H41F5O5/c1-30(23-13-15-24(38)16-14-23)21-42-28-20-25(39)17-18-26(28)27(30)12-8-6-4-2-3-5-7-10-22(29(40)41)11-9-19-31(33,34)32(35,36)37/h13-18,20,22,27,38-39H,2-12,19,21H2,1H3,(H,40,41). The molecule has 2 aromatic carbocycles. The van der Waals surface area contributed by atoms with E-state index in [4.69, 9.17) is 4.74 Å². The molecule has 0 aliphatic carbocycles. The number of benzene rings is 2. The number of phenols is 2. The molecule has 3 atom stereocenters. The Balaban J connectivity index is 1.41. The Hall–Kier alpha value is -3.04. The first-order valence-corrected chi connectivity index (χ1v) is 14.7. The molecular formula is C32H41F5O5. The predicted octanol–water partition coefficient (Wildman–Crippen LogP) is 9.11. The van der Waals surface area contributed by atoms with Gasteiger partial charge in [-0.25, -0.2) is 0 Å². The highest BCUT2D eigenvalue weighted by molar-refractivity contribution is 5.69. The van der Waals surface area contributed by atoms with Crippen LogP contribution in [0, 0.1) is 5.92 Å². The summed E-state index contributed by atoms with van der Waals surface area (Å²) in [5, 5.41) is 29.0. The largest absolute Gasteiger partial charge is 0.508 e. The number of carboxylic acid groups (broad SMARTS) is 1. The van der Waals surface area contributed by atoms with Crippen molar-refractivity contribution in [3.8, 4) is 17.2 Å². The molecule has 5 nitrogen and oxygen atoms in total. The molecule has 1 aliphatic heterocycles. The number of halogens is 5. The molecule has 2 aromatic rings. The highest BCUT2D eigenvalue weighted by Gasteiger charge is 2.56. The lowest BCUT2D eigenvalue weighted by Crippen LogP contribution is -2.40. The van der Waals surface area contributed by atoms with E-state index in [1.165, 1.54) is 0 Å². The second-order valence-electron chi connectivity index (χ2n) is 11.7. The number of carbonyl (C=O) groups is 1. The van der Waals surface area contributed by atoms with Gasteiger partial charge in [0.2, 0.25) is 0 Å². The predicted molar refractivity (Wildman–Crippen MR) is 149 cm³/mol. The molecule has 42 heavy (non-hydrogen) atoms. The van der Waals surface area contributed by atoms with Crippen molar-refractivity contribution in [1.82, 2.24) is 0 Å². The van der Waals surface area contributed by atoms with Crippen LogP contribution in [0.15, 0.2) is 42.5 Å². The van der Waals surface area contributed by atoms with E-state index in [-0.39, 0.29) is 35.7 Å². The first kappa shape index (κ1) is 33.5. The molecule has 0 saturated heterocycles. The Labute approximate surface area is 243 Å². The molecule has 3 unspecified atom stereocenters. The summed E-state index contributed by atoms with van der Waals surface area (Å²) in [5.41, 5.74) is 1.79. The Morgan fingerprint density at radius 1 is 0.881 bits per heavy atom. The fraction of sp³-hybridized carbons (Fsp3) is 0.594. The van der Waals surface area contributed by atoms with Crippen LogP contribution < -0.4 is 4.74 Å². The number of hydrogen-bond acceptors (Lipinski definition) is 4. The van der Waals surface area contributed by atoms with E-state index in [0.29, 0.717) is 18.8 Å². The zero-order valence-electron chi connectivity index (χ0n) is 23.9. The number of carboxylic acids is 1. The number of rotatable bonds is 16. The quantitative estimate of drug-likeness (QED) is 0.132. The fourth-order valence-corrected chi connectivity index (χ4v) is 5.93. The molecule has 0 saturated carbocycles. The molecule has 3 N–H and O–H groups in total. The van der Waals surface area contributed by atoms with Crippen molar-refractivity contribution in [3.63, 3.8) is 0 Å². The van der Waals surface area contributed by atoms with E-state index in [9.17, 15) is 42.1 Å². The average molecular weight is 601 g/mol. The van der Waals surface area contributed by atoms with Crippen LogP contribution in [0.4, 0.5) is 22.0 Å². The summed E-state index contributed by atoms with van der Waals surface area (Å²) in [6.07, 6.45) is -0.331. The summed E-state index contributed by atoms with van der Waals surface area (Å²) in [6, 6.07) is 12.4. The fourth-order valence-electron chi connectivity index (χ4n) is 5.93.